The van der Waals surface area contributed by atoms with Crippen molar-refractivity contribution in [3.05, 3.63) is 63.1 Å². The lowest BCUT2D eigenvalue weighted by atomic mass is 10.1. The molecule has 174 valence electrons. The number of hydrogen-bond acceptors (Lipinski definition) is 3. The summed E-state index contributed by atoms with van der Waals surface area (Å²) >= 11 is 18.0. The molecule has 0 aliphatic heterocycles. The summed E-state index contributed by atoms with van der Waals surface area (Å²) in [6.07, 6.45) is 1.57. The average molecular weight is 500 g/mol. The number of nitrogens with one attached hydrogen (secondary N) is 1. The van der Waals surface area contributed by atoms with Gasteiger partial charge in [-0.1, -0.05) is 47.8 Å². The maximum atomic E-state index is 13.1. The molecular weight excluding hydrogens is 471 g/mol. The molecule has 5 nitrogen and oxygen atoms in total. The highest BCUT2D eigenvalue weighted by Gasteiger charge is 2.26. The summed E-state index contributed by atoms with van der Waals surface area (Å²) in [6, 6.07) is 11.7. The summed E-state index contributed by atoms with van der Waals surface area (Å²) in [6.45, 7) is 6.29. The van der Waals surface area contributed by atoms with Crippen molar-refractivity contribution >= 4 is 46.6 Å². The molecule has 1 N–H and O–H groups in total. The number of amides is 2. The van der Waals surface area contributed by atoms with Crippen LogP contribution in [0.2, 0.25) is 15.1 Å². The average Bonchev–Trinajstić information content (AvgIpc) is 2.77. The molecule has 0 fully saturated rings. The first kappa shape index (κ1) is 26.3. The van der Waals surface area contributed by atoms with Crippen LogP contribution in [0, 0.1) is 0 Å². The topological polar surface area (TPSA) is 58.6 Å². The monoisotopic (exact) mass is 498 g/mol. The zero-order valence-corrected chi connectivity index (χ0v) is 20.8. The fourth-order valence-corrected chi connectivity index (χ4v) is 3.42. The van der Waals surface area contributed by atoms with Gasteiger partial charge in [-0.05, 0) is 68.7 Å². The van der Waals surface area contributed by atoms with Gasteiger partial charge in [0.15, 0.2) is 0 Å². The molecule has 0 bridgehead atoms. The van der Waals surface area contributed by atoms with Crippen LogP contribution in [-0.4, -0.2) is 35.4 Å². The van der Waals surface area contributed by atoms with E-state index in [4.69, 9.17) is 39.5 Å². The number of halogens is 3. The SMILES string of the molecule is CC[C@@H](C)NC(=O)[C@H](C)N(Cc1ccc(Cl)c(Cl)c1)C(=O)CCCOc1ccc(Cl)cc1. The minimum absolute atomic E-state index is 0.0275. The van der Waals surface area contributed by atoms with Gasteiger partial charge in [0.1, 0.15) is 11.8 Å². The molecule has 2 rings (SSSR count). The van der Waals surface area contributed by atoms with Crippen LogP contribution in [0.3, 0.4) is 0 Å². The van der Waals surface area contributed by atoms with Gasteiger partial charge < -0.3 is 15.0 Å². The van der Waals surface area contributed by atoms with Gasteiger partial charge in [-0.25, -0.2) is 0 Å². The summed E-state index contributed by atoms with van der Waals surface area (Å²) in [7, 11) is 0. The predicted molar refractivity (Wildman–Crippen MR) is 131 cm³/mol. The van der Waals surface area contributed by atoms with E-state index in [1.54, 1.807) is 54.3 Å². The Hall–Kier alpha value is -1.95. The molecule has 0 aliphatic carbocycles. The van der Waals surface area contributed by atoms with Crippen molar-refractivity contribution in [2.75, 3.05) is 6.61 Å². The van der Waals surface area contributed by atoms with E-state index in [0.29, 0.717) is 33.8 Å². The van der Waals surface area contributed by atoms with Crippen molar-refractivity contribution in [1.82, 2.24) is 10.2 Å². The highest BCUT2D eigenvalue weighted by Crippen LogP contribution is 2.24. The van der Waals surface area contributed by atoms with Crippen LogP contribution >= 0.6 is 34.8 Å². The molecule has 0 saturated heterocycles. The third-order valence-corrected chi connectivity index (χ3v) is 6.11. The van der Waals surface area contributed by atoms with Crippen LogP contribution in [0.5, 0.6) is 5.75 Å². The summed E-state index contributed by atoms with van der Waals surface area (Å²) in [5.41, 5.74) is 0.799. The quantitative estimate of drug-likeness (QED) is 0.378. The van der Waals surface area contributed by atoms with Crippen LogP contribution in [0.15, 0.2) is 42.5 Å². The summed E-state index contributed by atoms with van der Waals surface area (Å²) in [5.74, 6) is 0.364. The van der Waals surface area contributed by atoms with Gasteiger partial charge in [0.05, 0.1) is 16.7 Å². The fraction of sp³-hybridized carbons (Fsp3) is 0.417. The Labute approximate surface area is 205 Å². The first-order valence-electron chi connectivity index (χ1n) is 10.6. The van der Waals surface area contributed by atoms with E-state index in [2.05, 4.69) is 5.32 Å². The first-order valence-corrected chi connectivity index (χ1v) is 11.8. The Morgan fingerprint density at radius 2 is 1.72 bits per heavy atom. The molecule has 2 aromatic rings. The second kappa shape index (κ2) is 12.9. The molecule has 0 aromatic heterocycles. The minimum Gasteiger partial charge on any atom is -0.494 e. The largest absolute Gasteiger partial charge is 0.494 e. The van der Waals surface area contributed by atoms with E-state index >= 15 is 0 Å². The van der Waals surface area contributed by atoms with Crippen molar-refractivity contribution in [2.45, 2.75) is 58.7 Å². The smallest absolute Gasteiger partial charge is 0.242 e. The number of carbonyl (C=O) groups is 2. The molecule has 0 radical (unpaired) electrons. The molecule has 8 heteroatoms. The van der Waals surface area contributed by atoms with Gasteiger partial charge in [0.25, 0.3) is 0 Å². The van der Waals surface area contributed by atoms with E-state index in [9.17, 15) is 9.59 Å². The number of nitrogens with zero attached hydrogens (tertiary/aromatic N) is 1. The van der Waals surface area contributed by atoms with E-state index in [1.807, 2.05) is 13.8 Å². The third-order valence-electron chi connectivity index (χ3n) is 5.12. The zero-order valence-electron chi connectivity index (χ0n) is 18.5. The Balaban J connectivity index is 2.04. The van der Waals surface area contributed by atoms with E-state index in [1.165, 1.54) is 0 Å². The molecule has 0 unspecified atom stereocenters. The van der Waals surface area contributed by atoms with E-state index in [-0.39, 0.29) is 30.8 Å². The standard InChI is InChI=1S/C24H29Cl3N2O3/c1-4-16(2)28-24(31)17(3)29(15-18-7-12-21(26)22(27)14-18)23(30)6-5-13-32-20-10-8-19(25)9-11-20/h7-12,14,16-17H,4-6,13,15H2,1-3H3,(H,28,31)/t16-,17+/m1/s1. The van der Waals surface area contributed by atoms with Crippen LogP contribution in [-0.2, 0) is 16.1 Å². The highest BCUT2D eigenvalue weighted by atomic mass is 35.5. The molecule has 2 amide bonds. The van der Waals surface area contributed by atoms with Gasteiger partial charge in [0, 0.05) is 24.0 Å². The lowest BCUT2D eigenvalue weighted by molar-refractivity contribution is -0.141. The third kappa shape index (κ3) is 8.19. The number of carbonyl (C=O) groups excluding carboxylic acids is 2. The lowest BCUT2D eigenvalue weighted by Gasteiger charge is -2.30. The van der Waals surface area contributed by atoms with Crippen molar-refractivity contribution in [2.24, 2.45) is 0 Å². The van der Waals surface area contributed by atoms with Crippen LogP contribution in [0.1, 0.15) is 45.6 Å². The van der Waals surface area contributed by atoms with Gasteiger partial charge in [0.2, 0.25) is 11.8 Å². The molecule has 0 spiro atoms. The van der Waals surface area contributed by atoms with Crippen molar-refractivity contribution < 1.29 is 14.3 Å². The molecule has 0 saturated carbocycles. The second-order valence-corrected chi connectivity index (χ2v) is 8.92. The van der Waals surface area contributed by atoms with Crippen molar-refractivity contribution in [3.8, 4) is 5.75 Å². The molecule has 2 atom stereocenters. The Bertz CT molecular complexity index is 906. The van der Waals surface area contributed by atoms with E-state index < -0.39 is 6.04 Å². The van der Waals surface area contributed by atoms with Gasteiger partial charge >= 0.3 is 0 Å². The van der Waals surface area contributed by atoms with Crippen LogP contribution in [0.4, 0.5) is 0 Å². The van der Waals surface area contributed by atoms with Crippen molar-refractivity contribution in [3.63, 3.8) is 0 Å². The summed E-state index contributed by atoms with van der Waals surface area (Å²) in [5, 5.41) is 4.43. The molecule has 0 heterocycles. The normalized spacial score (nSPS) is 12.7. The molecule has 0 aliphatic rings. The van der Waals surface area contributed by atoms with Crippen LogP contribution in [0.25, 0.3) is 0 Å². The Morgan fingerprint density at radius 3 is 2.34 bits per heavy atom. The van der Waals surface area contributed by atoms with Crippen LogP contribution < -0.4 is 10.1 Å². The maximum absolute atomic E-state index is 13.1. The fourth-order valence-electron chi connectivity index (χ4n) is 2.97. The first-order chi connectivity index (χ1) is 15.2. The number of rotatable bonds is 11. The Morgan fingerprint density at radius 1 is 1.03 bits per heavy atom. The van der Waals surface area contributed by atoms with Gasteiger partial charge in [-0.15, -0.1) is 0 Å². The second-order valence-electron chi connectivity index (χ2n) is 7.67. The van der Waals surface area contributed by atoms with E-state index in [0.717, 1.165) is 12.0 Å². The zero-order chi connectivity index (χ0) is 23.7. The predicted octanol–water partition coefficient (Wildman–Crippen LogP) is 6.14. The molecule has 2 aromatic carbocycles. The molecule has 32 heavy (non-hydrogen) atoms. The minimum atomic E-state index is -0.636. The summed E-state index contributed by atoms with van der Waals surface area (Å²) in [4.78, 5) is 27.4. The summed E-state index contributed by atoms with van der Waals surface area (Å²) < 4.78 is 5.67. The number of benzene rings is 2. The van der Waals surface area contributed by atoms with Crippen molar-refractivity contribution in [1.29, 1.82) is 0 Å². The maximum Gasteiger partial charge on any atom is 0.242 e. The Kier molecular flexibility index (Phi) is 10.6. The highest BCUT2D eigenvalue weighted by molar-refractivity contribution is 6.42. The molecular formula is C24H29Cl3N2O3. The van der Waals surface area contributed by atoms with Gasteiger partial charge in [-0.2, -0.15) is 0 Å². The number of hydrogen-bond donors (Lipinski definition) is 1. The lowest BCUT2D eigenvalue weighted by Crippen LogP contribution is -2.49. The van der Waals surface area contributed by atoms with Gasteiger partial charge in [-0.3, -0.25) is 9.59 Å². The number of ether oxygens (including phenoxy) is 1.